The molecule has 0 N–H and O–H groups in total. The Kier molecular flexibility index (Phi) is 5.50. The number of benzene rings is 1. The van der Waals surface area contributed by atoms with Gasteiger partial charge in [-0.2, -0.15) is 0 Å². The van der Waals surface area contributed by atoms with E-state index >= 15 is 0 Å². The maximum Gasteiger partial charge on any atom is 0.331 e. The van der Waals surface area contributed by atoms with Crippen LogP contribution in [-0.4, -0.2) is 27.9 Å². The zero-order valence-electron chi connectivity index (χ0n) is 15.7. The van der Waals surface area contributed by atoms with Gasteiger partial charge in [-0.3, -0.25) is 9.78 Å². The van der Waals surface area contributed by atoms with Crippen LogP contribution < -0.4 is 0 Å². The number of carbonyl (C=O) groups excluding carboxylic acids is 2. The van der Waals surface area contributed by atoms with E-state index < -0.39 is 5.97 Å². The number of aryl methyl sites for hydroxylation is 1. The molecule has 0 amide bonds. The lowest BCUT2D eigenvalue weighted by Crippen LogP contribution is -2.13. The highest BCUT2D eigenvalue weighted by molar-refractivity contribution is 6.00. The van der Waals surface area contributed by atoms with E-state index in [0.29, 0.717) is 5.56 Å². The van der Waals surface area contributed by atoms with Crippen LogP contribution in [0.15, 0.2) is 48.7 Å². The molecule has 0 radical (unpaired) electrons. The molecule has 138 valence electrons. The molecular formula is C22H22N2O3. The molecule has 0 saturated heterocycles. The SMILES string of the molecule is CCn1c(C)cc(C(=O)COC(=O)/C=C/c2cccc3cccnc23)c1C. The minimum Gasteiger partial charge on any atom is -0.454 e. The van der Waals surface area contributed by atoms with Gasteiger partial charge in [0.1, 0.15) is 0 Å². The molecule has 1 aromatic carbocycles. The minimum atomic E-state index is -0.555. The van der Waals surface area contributed by atoms with Crippen LogP contribution in [0.4, 0.5) is 0 Å². The predicted molar refractivity (Wildman–Crippen MR) is 106 cm³/mol. The third-order valence-electron chi connectivity index (χ3n) is 4.60. The van der Waals surface area contributed by atoms with Gasteiger partial charge in [0.2, 0.25) is 5.78 Å². The van der Waals surface area contributed by atoms with E-state index in [1.807, 2.05) is 57.2 Å². The number of Topliss-reactive ketones (excluding diaryl/α,β-unsaturated/α-hetero) is 1. The standard InChI is InChI=1S/C22H22N2O3/c1-4-24-15(2)13-19(16(24)3)20(25)14-27-21(26)11-10-18-8-5-7-17-9-6-12-23-22(17)18/h5-13H,4,14H2,1-3H3/b11-10+. The number of aromatic nitrogens is 2. The van der Waals surface area contributed by atoms with Crippen LogP contribution in [0, 0.1) is 13.8 Å². The molecule has 0 aliphatic carbocycles. The number of hydrogen-bond donors (Lipinski definition) is 0. The van der Waals surface area contributed by atoms with Crippen LogP contribution in [-0.2, 0) is 16.1 Å². The lowest BCUT2D eigenvalue weighted by molar-refractivity contribution is -0.136. The second kappa shape index (κ2) is 7.99. The van der Waals surface area contributed by atoms with Gasteiger partial charge in [0.15, 0.2) is 6.61 Å². The van der Waals surface area contributed by atoms with Gasteiger partial charge in [-0.15, -0.1) is 0 Å². The van der Waals surface area contributed by atoms with Crippen molar-refractivity contribution in [2.75, 3.05) is 6.61 Å². The van der Waals surface area contributed by atoms with Gasteiger partial charge in [0.25, 0.3) is 0 Å². The third-order valence-corrected chi connectivity index (χ3v) is 4.60. The maximum absolute atomic E-state index is 12.4. The Balaban J connectivity index is 1.66. The lowest BCUT2D eigenvalue weighted by Gasteiger charge is -2.06. The summed E-state index contributed by atoms with van der Waals surface area (Å²) in [5.74, 6) is -0.753. The van der Waals surface area contributed by atoms with E-state index in [-0.39, 0.29) is 12.4 Å². The quantitative estimate of drug-likeness (QED) is 0.376. The van der Waals surface area contributed by atoms with E-state index in [1.165, 1.54) is 6.08 Å². The second-order valence-electron chi connectivity index (χ2n) is 6.32. The van der Waals surface area contributed by atoms with Crippen molar-refractivity contribution in [2.45, 2.75) is 27.3 Å². The number of ether oxygens (including phenoxy) is 1. The summed E-state index contributed by atoms with van der Waals surface area (Å²) in [4.78, 5) is 28.7. The van der Waals surface area contributed by atoms with Crippen molar-refractivity contribution in [1.29, 1.82) is 0 Å². The number of para-hydroxylation sites is 1. The smallest absolute Gasteiger partial charge is 0.331 e. The molecule has 0 atom stereocenters. The first-order valence-electron chi connectivity index (χ1n) is 8.89. The van der Waals surface area contributed by atoms with Gasteiger partial charge in [-0.25, -0.2) is 4.79 Å². The van der Waals surface area contributed by atoms with Gasteiger partial charge in [-0.1, -0.05) is 24.3 Å². The van der Waals surface area contributed by atoms with Crippen LogP contribution >= 0.6 is 0 Å². The number of rotatable bonds is 6. The summed E-state index contributed by atoms with van der Waals surface area (Å²) < 4.78 is 7.18. The Morgan fingerprint density at radius 2 is 1.96 bits per heavy atom. The number of esters is 1. The summed E-state index contributed by atoms with van der Waals surface area (Å²) in [5, 5.41) is 0.995. The van der Waals surface area contributed by atoms with Crippen molar-refractivity contribution >= 4 is 28.7 Å². The van der Waals surface area contributed by atoms with E-state index in [9.17, 15) is 9.59 Å². The van der Waals surface area contributed by atoms with E-state index in [4.69, 9.17) is 4.74 Å². The molecule has 3 aromatic rings. The minimum absolute atomic E-state index is 0.198. The number of carbonyl (C=O) groups is 2. The molecule has 5 nitrogen and oxygen atoms in total. The molecule has 2 aromatic heterocycles. The maximum atomic E-state index is 12.4. The van der Waals surface area contributed by atoms with E-state index in [2.05, 4.69) is 9.55 Å². The van der Waals surface area contributed by atoms with Crippen LogP contribution in [0.25, 0.3) is 17.0 Å². The first-order valence-corrected chi connectivity index (χ1v) is 8.89. The van der Waals surface area contributed by atoms with Crippen molar-refractivity contribution < 1.29 is 14.3 Å². The van der Waals surface area contributed by atoms with Gasteiger partial charge in [0.05, 0.1) is 5.52 Å². The van der Waals surface area contributed by atoms with Crippen molar-refractivity contribution in [2.24, 2.45) is 0 Å². The zero-order valence-corrected chi connectivity index (χ0v) is 15.7. The highest BCUT2D eigenvalue weighted by Crippen LogP contribution is 2.18. The lowest BCUT2D eigenvalue weighted by atomic mass is 10.1. The second-order valence-corrected chi connectivity index (χ2v) is 6.32. The molecule has 5 heteroatoms. The molecule has 0 saturated carbocycles. The number of ketones is 1. The summed E-state index contributed by atoms with van der Waals surface area (Å²) in [5.41, 5.74) is 4.15. The fourth-order valence-corrected chi connectivity index (χ4v) is 3.25. The summed E-state index contributed by atoms with van der Waals surface area (Å²) in [6.45, 7) is 6.41. The molecule has 2 heterocycles. The van der Waals surface area contributed by atoms with Crippen molar-refractivity contribution in [3.05, 3.63) is 71.2 Å². The normalized spacial score (nSPS) is 11.2. The molecule has 0 aliphatic rings. The number of nitrogens with zero attached hydrogens (tertiary/aromatic N) is 2. The topological polar surface area (TPSA) is 61.2 Å². The molecule has 0 bridgehead atoms. The van der Waals surface area contributed by atoms with Crippen molar-refractivity contribution in [1.82, 2.24) is 9.55 Å². The zero-order chi connectivity index (χ0) is 19.4. The Labute approximate surface area is 158 Å². The molecule has 3 rings (SSSR count). The third kappa shape index (κ3) is 3.97. The van der Waals surface area contributed by atoms with Crippen LogP contribution in [0.2, 0.25) is 0 Å². The molecular weight excluding hydrogens is 340 g/mol. The summed E-state index contributed by atoms with van der Waals surface area (Å²) >= 11 is 0. The first-order chi connectivity index (χ1) is 13.0. The Morgan fingerprint density at radius 3 is 2.70 bits per heavy atom. The molecule has 0 aliphatic heterocycles. The highest BCUT2D eigenvalue weighted by Gasteiger charge is 2.16. The number of pyridine rings is 1. The molecule has 0 fully saturated rings. The van der Waals surface area contributed by atoms with Gasteiger partial charge in [-0.05, 0) is 39.0 Å². The number of fused-ring (bicyclic) bond motifs is 1. The largest absolute Gasteiger partial charge is 0.454 e. The Morgan fingerprint density at radius 1 is 1.19 bits per heavy atom. The van der Waals surface area contributed by atoms with Gasteiger partial charge >= 0.3 is 5.97 Å². The average Bonchev–Trinajstić information content (AvgIpc) is 2.97. The summed E-state index contributed by atoms with van der Waals surface area (Å²) in [6.07, 6.45) is 4.70. The summed E-state index contributed by atoms with van der Waals surface area (Å²) in [7, 11) is 0. The highest BCUT2D eigenvalue weighted by atomic mass is 16.5. The van der Waals surface area contributed by atoms with E-state index in [0.717, 1.165) is 34.4 Å². The van der Waals surface area contributed by atoms with Gasteiger partial charge < -0.3 is 9.30 Å². The fourth-order valence-electron chi connectivity index (χ4n) is 3.25. The van der Waals surface area contributed by atoms with E-state index in [1.54, 1.807) is 12.3 Å². The van der Waals surface area contributed by atoms with Crippen LogP contribution in [0.1, 0.15) is 34.2 Å². The Hall–Kier alpha value is -3.21. The number of hydrogen-bond acceptors (Lipinski definition) is 4. The molecule has 27 heavy (non-hydrogen) atoms. The monoisotopic (exact) mass is 362 g/mol. The molecule has 0 unspecified atom stereocenters. The van der Waals surface area contributed by atoms with Crippen LogP contribution in [0.5, 0.6) is 0 Å². The van der Waals surface area contributed by atoms with Crippen molar-refractivity contribution in [3.63, 3.8) is 0 Å². The van der Waals surface area contributed by atoms with Crippen molar-refractivity contribution in [3.8, 4) is 0 Å². The Bertz CT molecular complexity index is 1030. The van der Waals surface area contributed by atoms with Gasteiger partial charge in [0, 0.05) is 46.7 Å². The first kappa shape index (κ1) is 18.6. The van der Waals surface area contributed by atoms with Crippen LogP contribution in [0.3, 0.4) is 0 Å². The fraction of sp³-hybridized carbons (Fsp3) is 0.227. The predicted octanol–water partition coefficient (Wildman–Crippen LogP) is 4.11. The summed E-state index contributed by atoms with van der Waals surface area (Å²) in [6, 6.07) is 11.4. The average molecular weight is 362 g/mol. The molecule has 0 spiro atoms.